The van der Waals surface area contributed by atoms with Crippen LogP contribution in [0.25, 0.3) is 0 Å². The predicted octanol–water partition coefficient (Wildman–Crippen LogP) is -0.474. The first-order valence-corrected chi connectivity index (χ1v) is 5.16. The first-order valence-electron chi connectivity index (χ1n) is 3.27. The number of nitrogens with one attached hydrogen (secondary N) is 1. The molecule has 0 aliphatic carbocycles. The van der Waals surface area contributed by atoms with E-state index in [0.717, 1.165) is 6.26 Å². The Morgan fingerprint density at radius 1 is 1.58 bits per heavy atom. The molecule has 0 atom stereocenters. The van der Waals surface area contributed by atoms with Gasteiger partial charge in [0, 0.05) is 6.20 Å². The molecule has 1 rings (SSSR count). The largest absolute Gasteiger partial charge is 0.245 e. The Labute approximate surface area is 70.9 Å². The Morgan fingerprint density at radius 3 is 2.83 bits per heavy atom. The zero-order valence-electron chi connectivity index (χ0n) is 6.56. The number of hydrogen-bond donors (Lipinski definition) is 1. The molecule has 1 aromatic heterocycles. The van der Waals surface area contributed by atoms with Crippen LogP contribution in [0.1, 0.15) is 5.69 Å². The maximum absolute atomic E-state index is 10.7. The van der Waals surface area contributed by atoms with E-state index in [4.69, 9.17) is 0 Å². The molecule has 12 heavy (non-hydrogen) atoms. The van der Waals surface area contributed by atoms with Gasteiger partial charge < -0.3 is 0 Å². The molecule has 0 aliphatic heterocycles. The number of sulfonamides is 1. The van der Waals surface area contributed by atoms with Gasteiger partial charge >= 0.3 is 0 Å². The molecule has 5 nitrogen and oxygen atoms in total. The van der Waals surface area contributed by atoms with Crippen molar-refractivity contribution in [2.45, 2.75) is 6.54 Å². The van der Waals surface area contributed by atoms with Gasteiger partial charge in [-0.25, -0.2) is 23.1 Å². The average molecular weight is 187 g/mol. The summed E-state index contributed by atoms with van der Waals surface area (Å²) in [4.78, 5) is 7.55. The summed E-state index contributed by atoms with van der Waals surface area (Å²) in [7, 11) is -3.13. The molecule has 0 amide bonds. The molecule has 0 unspecified atom stereocenters. The van der Waals surface area contributed by atoms with Gasteiger partial charge in [-0.1, -0.05) is 0 Å². The molecule has 0 saturated heterocycles. The SMILES string of the molecule is CS(=O)(=O)NCc1ccncn1. The summed E-state index contributed by atoms with van der Waals surface area (Å²) < 4.78 is 23.6. The lowest BCUT2D eigenvalue weighted by Gasteiger charge is -1.99. The van der Waals surface area contributed by atoms with Gasteiger partial charge in [0.1, 0.15) is 6.33 Å². The van der Waals surface area contributed by atoms with E-state index < -0.39 is 10.0 Å². The Hall–Kier alpha value is -1.01. The highest BCUT2D eigenvalue weighted by Crippen LogP contribution is 1.90. The fourth-order valence-electron chi connectivity index (χ4n) is 0.628. The summed E-state index contributed by atoms with van der Waals surface area (Å²) in [6.45, 7) is 0.210. The highest BCUT2D eigenvalue weighted by atomic mass is 32.2. The van der Waals surface area contributed by atoms with Crippen LogP contribution in [-0.4, -0.2) is 24.6 Å². The lowest BCUT2D eigenvalue weighted by molar-refractivity contribution is 0.586. The second kappa shape index (κ2) is 3.59. The Balaban J connectivity index is 2.56. The van der Waals surface area contributed by atoms with Gasteiger partial charge in [-0.15, -0.1) is 0 Å². The number of rotatable bonds is 3. The van der Waals surface area contributed by atoms with Gasteiger partial charge in [0.25, 0.3) is 0 Å². The smallest absolute Gasteiger partial charge is 0.209 e. The van der Waals surface area contributed by atoms with Gasteiger partial charge in [0.15, 0.2) is 0 Å². The van der Waals surface area contributed by atoms with Crippen molar-refractivity contribution in [3.8, 4) is 0 Å². The van der Waals surface area contributed by atoms with E-state index in [1.165, 1.54) is 6.33 Å². The Kier molecular flexibility index (Phi) is 2.72. The molecule has 1 heterocycles. The standard InChI is InChI=1S/C6H9N3O2S/c1-12(10,11)9-4-6-2-3-7-5-8-6/h2-3,5,9H,4H2,1H3. The fourth-order valence-corrected chi connectivity index (χ4v) is 1.04. The van der Waals surface area contributed by atoms with Crippen LogP contribution in [0, 0.1) is 0 Å². The van der Waals surface area contributed by atoms with Gasteiger partial charge in [-0.05, 0) is 6.07 Å². The highest BCUT2D eigenvalue weighted by molar-refractivity contribution is 7.88. The number of hydrogen-bond acceptors (Lipinski definition) is 4. The molecule has 0 bridgehead atoms. The van der Waals surface area contributed by atoms with Crippen LogP contribution >= 0.6 is 0 Å². The Morgan fingerprint density at radius 2 is 2.33 bits per heavy atom. The second-order valence-electron chi connectivity index (χ2n) is 2.29. The molecule has 0 aliphatic rings. The zero-order valence-corrected chi connectivity index (χ0v) is 7.37. The summed E-state index contributed by atoms with van der Waals surface area (Å²) in [5.41, 5.74) is 0.649. The van der Waals surface area contributed by atoms with Crippen molar-refractivity contribution >= 4 is 10.0 Å². The van der Waals surface area contributed by atoms with E-state index in [2.05, 4.69) is 14.7 Å². The van der Waals surface area contributed by atoms with E-state index in [1.54, 1.807) is 12.3 Å². The third-order valence-electron chi connectivity index (χ3n) is 1.16. The monoisotopic (exact) mass is 187 g/mol. The molecule has 0 fully saturated rings. The average Bonchev–Trinajstić information content (AvgIpc) is 2.02. The second-order valence-corrected chi connectivity index (χ2v) is 4.13. The van der Waals surface area contributed by atoms with E-state index in [1.807, 2.05) is 0 Å². The van der Waals surface area contributed by atoms with Crippen LogP contribution in [0.5, 0.6) is 0 Å². The van der Waals surface area contributed by atoms with Crippen molar-refractivity contribution < 1.29 is 8.42 Å². The molecule has 0 radical (unpaired) electrons. The predicted molar refractivity (Wildman–Crippen MR) is 43.7 cm³/mol. The van der Waals surface area contributed by atoms with Crippen molar-refractivity contribution in [3.05, 3.63) is 24.3 Å². The first-order chi connectivity index (χ1) is 5.58. The van der Waals surface area contributed by atoms with Gasteiger partial charge in [0.05, 0.1) is 18.5 Å². The van der Waals surface area contributed by atoms with Gasteiger partial charge in [-0.2, -0.15) is 0 Å². The van der Waals surface area contributed by atoms with Crippen LogP contribution in [0.15, 0.2) is 18.6 Å². The minimum atomic E-state index is -3.13. The molecule has 0 spiro atoms. The van der Waals surface area contributed by atoms with E-state index in [9.17, 15) is 8.42 Å². The normalized spacial score (nSPS) is 11.4. The molecular formula is C6H9N3O2S. The summed E-state index contributed by atoms with van der Waals surface area (Å²) in [6.07, 6.45) is 4.04. The van der Waals surface area contributed by atoms with Crippen LogP contribution in [-0.2, 0) is 16.6 Å². The first kappa shape index (κ1) is 9.08. The molecule has 0 saturated carbocycles. The van der Waals surface area contributed by atoms with E-state index in [0.29, 0.717) is 5.69 Å². The number of aromatic nitrogens is 2. The minimum Gasteiger partial charge on any atom is -0.245 e. The van der Waals surface area contributed by atoms with Crippen molar-refractivity contribution in [2.75, 3.05) is 6.26 Å². The zero-order chi connectivity index (χ0) is 9.03. The molecular weight excluding hydrogens is 178 g/mol. The van der Waals surface area contributed by atoms with Gasteiger partial charge in [0.2, 0.25) is 10.0 Å². The molecule has 1 N–H and O–H groups in total. The fraction of sp³-hybridized carbons (Fsp3) is 0.333. The summed E-state index contributed by atoms with van der Waals surface area (Å²) in [5, 5.41) is 0. The summed E-state index contributed by atoms with van der Waals surface area (Å²) >= 11 is 0. The van der Waals surface area contributed by atoms with Crippen LogP contribution in [0.3, 0.4) is 0 Å². The van der Waals surface area contributed by atoms with Crippen molar-refractivity contribution in [1.29, 1.82) is 0 Å². The topological polar surface area (TPSA) is 72.0 Å². The quantitative estimate of drug-likeness (QED) is 0.694. The number of nitrogens with zero attached hydrogens (tertiary/aromatic N) is 2. The third kappa shape index (κ3) is 3.40. The molecule has 0 aromatic carbocycles. The Bertz CT molecular complexity index is 335. The molecule has 66 valence electrons. The highest BCUT2D eigenvalue weighted by Gasteiger charge is 2.00. The summed E-state index contributed by atoms with van der Waals surface area (Å²) in [6, 6.07) is 1.65. The van der Waals surface area contributed by atoms with Gasteiger partial charge in [-0.3, -0.25) is 0 Å². The van der Waals surface area contributed by atoms with Crippen LogP contribution < -0.4 is 4.72 Å². The van der Waals surface area contributed by atoms with Crippen LogP contribution in [0.4, 0.5) is 0 Å². The lowest BCUT2D eigenvalue weighted by Crippen LogP contribution is -2.21. The van der Waals surface area contributed by atoms with Crippen LogP contribution in [0.2, 0.25) is 0 Å². The van der Waals surface area contributed by atoms with Crippen molar-refractivity contribution in [1.82, 2.24) is 14.7 Å². The summed E-state index contributed by atoms with van der Waals surface area (Å²) in [5.74, 6) is 0. The van der Waals surface area contributed by atoms with E-state index >= 15 is 0 Å². The molecule has 6 heteroatoms. The van der Waals surface area contributed by atoms with Crippen molar-refractivity contribution in [2.24, 2.45) is 0 Å². The van der Waals surface area contributed by atoms with E-state index in [-0.39, 0.29) is 6.54 Å². The maximum atomic E-state index is 10.7. The maximum Gasteiger partial charge on any atom is 0.209 e. The molecule has 1 aromatic rings. The third-order valence-corrected chi connectivity index (χ3v) is 1.83. The minimum absolute atomic E-state index is 0.210. The lowest BCUT2D eigenvalue weighted by atomic mass is 10.4. The van der Waals surface area contributed by atoms with Crippen molar-refractivity contribution in [3.63, 3.8) is 0 Å².